The second-order valence-corrected chi connectivity index (χ2v) is 9.62. The molecule has 31 heavy (non-hydrogen) atoms. The lowest BCUT2D eigenvalue weighted by Crippen LogP contribution is -2.50. The first-order valence-corrected chi connectivity index (χ1v) is 11.6. The first-order valence-electron chi connectivity index (χ1n) is 10.8. The third kappa shape index (κ3) is 3.96. The molecule has 2 amide bonds. The normalized spacial score (nSPS) is 18.9. The van der Waals surface area contributed by atoms with Crippen LogP contribution in [-0.2, 0) is 12.8 Å². The first-order chi connectivity index (χ1) is 15.0. The number of urea groups is 1. The van der Waals surface area contributed by atoms with Crippen molar-refractivity contribution in [3.8, 4) is 0 Å². The number of nitrogens with zero attached hydrogens (tertiary/aromatic N) is 4. The quantitative estimate of drug-likeness (QED) is 0.633. The number of aryl methyl sites for hydroxylation is 2. The van der Waals surface area contributed by atoms with E-state index in [-0.39, 0.29) is 11.8 Å². The molecule has 1 aliphatic carbocycles. The molecule has 1 saturated heterocycles. The summed E-state index contributed by atoms with van der Waals surface area (Å²) < 4.78 is 13.1. The number of aromatic nitrogens is 2. The lowest BCUT2D eigenvalue weighted by Gasteiger charge is -2.36. The fraction of sp³-hybridized carbons (Fsp3) is 0.435. The minimum atomic E-state index is -0.317. The van der Waals surface area contributed by atoms with Crippen molar-refractivity contribution in [2.24, 2.45) is 5.92 Å². The SMILES string of the molecule is Cc1nc(N2CCN(C(=O)Nc3ccc(F)cc3)CC2)c2c3c(sc2n1)C[C@@H](C)CC3. The number of halogens is 1. The summed E-state index contributed by atoms with van der Waals surface area (Å²) in [6, 6.07) is 5.68. The molecule has 0 spiro atoms. The van der Waals surface area contributed by atoms with Gasteiger partial charge in [-0.3, -0.25) is 0 Å². The number of carbonyl (C=O) groups excluding carboxylic acids is 1. The highest BCUT2D eigenvalue weighted by Crippen LogP contribution is 2.41. The van der Waals surface area contributed by atoms with Crippen LogP contribution < -0.4 is 10.2 Å². The second-order valence-electron chi connectivity index (χ2n) is 8.54. The maximum atomic E-state index is 13.1. The lowest BCUT2D eigenvalue weighted by atomic mass is 9.89. The van der Waals surface area contributed by atoms with E-state index < -0.39 is 0 Å². The van der Waals surface area contributed by atoms with Crippen LogP contribution >= 0.6 is 11.3 Å². The van der Waals surface area contributed by atoms with Crippen molar-refractivity contribution in [3.63, 3.8) is 0 Å². The van der Waals surface area contributed by atoms with Crippen LogP contribution in [0.3, 0.4) is 0 Å². The summed E-state index contributed by atoms with van der Waals surface area (Å²) in [6.45, 7) is 6.95. The molecule has 3 aromatic rings. The number of rotatable bonds is 2. The average Bonchev–Trinajstić information content (AvgIpc) is 3.11. The molecular weight excluding hydrogens is 413 g/mol. The Morgan fingerprint density at radius 1 is 1.16 bits per heavy atom. The summed E-state index contributed by atoms with van der Waals surface area (Å²) in [7, 11) is 0. The van der Waals surface area contributed by atoms with Gasteiger partial charge in [-0.1, -0.05) is 6.92 Å². The number of benzene rings is 1. The van der Waals surface area contributed by atoms with Crippen molar-refractivity contribution in [1.82, 2.24) is 14.9 Å². The molecule has 162 valence electrons. The highest BCUT2D eigenvalue weighted by Gasteiger charge is 2.28. The standard InChI is InChI=1S/C23H26FN5OS/c1-14-3-8-18-19(13-14)31-22-20(18)21(25-15(2)26-22)28-9-11-29(12-10-28)23(30)27-17-6-4-16(24)5-7-17/h4-7,14H,3,8-13H2,1-2H3,(H,27,30)/t14-/m0/s1. The van der Waals surface area contributed by atoms with Crippen molar-refractivity contribution in [2.75, 3.05) is 36.4 Å². The smallest absolute Gasteiger partial charge is 0.321 e. The molecule has 3 heterocycles. The Hall–Kier alpha value is -2.74. The Kier molecular flexibility index (Phi) is 5.25. The molecule has 0 radical (unpaired) electrons. The summed E-state index contributed by atoms with van der Waals surface area (Å²) in [4.78, 5) is 28.9. The average molecular weight is 440 g/mol. The molecule has 5 rings (SSSR count). The van der Waals surface area contributed by atoms with Crippen molar-refractivity contribution < 1.29 is 9.18 Å². The van der Waals surface area contributed by atoms with Gasteiger partial charge < -0.3 is 15.1 Å². The topological polar surface area (TPSA) is 61.4 Å². The molecule has 1 aromatic carbocycles. The predicted molar refractivity (Wildman–Crippen MR) is 123 cm³/mol. The van der Waals surface area contributed by atoms with Crippen LogP contribution in [0.2, 0.25) is 0 Å². The van der Waals surface area contributed by atoms with Crippen LogP contribution in [0.15, 0.2) is 24.3 Å². The van der Waals surface area contributed by atoms with Gasteiger partial charge in [-0.25, -0.2) is 19.2 Å². The van der Waals surface area contributed by atoms with E-state index >= 15 is 0 Å². The zero-order valence-corrected chi connectivity index (χ0v) is 18.6. The third-order valence-electron chi connectivity index (χ3n) is 6.21. The van der Waals surface area contributed by atoms with Gasteiger partial charge in [0.2, 0.25) is 0 Å². The van der Waals surface area contributed by atoms with Gasteiger partial charge in [0.05, 0.1) is 5.39 Å². The van der Waals surface area contributed by atoms with Crippen LogP contribution in [0.1, 0.15) is 29.6 Å². The van der Waals surface area contributed by atoms with Crippen LogP contribution in [0.4, 0.5) is 20.7 Å². The number of carbonyl (C=O) groups is 1. The molecule has 1 atom stereocenters. The number of hydrogen-bond acceptors (Lipinski definition) is 5. The van der Waals surface area contributed by atoms with Gasteiger partial charge in [0.25, 0.3) is 0 Å². The van der Waals surface area contributed by atoms with Gasteiger partial charge in [-0.15, -0.1) is 11.3 Å². The molecule has 0 saturated carbocycles. The molecular formula is C23H26FN5OS. The summed E-state index contributed by atoms with van der Waals surface area (Å²) in [5.41, 5.74) is 2.03. The zero-order chi connectivity index (χ0) is 21.5. The van der Waals surface area contributed by atoms with Crippen LogP contribution in [0, 0.1) is 18.7 Å². The van der Waals surface area contributed by atoms with Gasteiger partial charge in [-0.2, -0.15) is 0 Å². The molecule has 6 nitrogen and oxygen atoms in total. The maximum absolute atomic E-state index is 13.1. The number of hydrogen-bond donors (Lipinski definition) is 1. The first kappa shape index (κ1) is 20.2. The Labute approximate surface area is 185 Å². The largest absolute Gasteiger partial charge is 0.352 e. The zero-order valence-electron chi connectivity index (χ0n) is 17.8. The molecule has 0 unspecified atom stereocenters. The second kappa shape index (κ2) is 8.07. The molecule has 2 aromatic heterocycles. The van der Waals surface area contributed by atoms with Crippen molar-refractivity contribution in [1.29, 1.82) is 0 Å². The van der Waals surface area contributed by atoms with Crippen molar-refractivity contribution >= 4 is 39.1 Å². The van der Waals surface area contributed by atoms with Gasteiger partial charge in [0.1, 0.15) is 22.3 Å². The van der Waals surface area contributed by atoms with Gasteiger partial charge in [0, 0.05) is 36.7 Å². The van der Waals surface area contributed by atoms with Gasteiger partial charge >= 0.3 is 6.03 Å². The van der Waals surface area contributed by atoms with Crippen molar-refractivity contribution in [3.05, 3.63) is 46.3 Å². The number of anilines is 2. The van der Waals surface area contributed by atoms with E-state index in [0.29, 0.717) is 18.8 Å². The minimum absolute atomic E-state index is 0.155. The summed E-state index contributed by atoms with van der Waals surface area (Å²) in [5, 5.41) is 4.07. The van der Waals surface area contributed by atoms with Crippen molar-refractivity contribution in [2.45, 2.75) is 33.1 Å². The highest BCUT2D eigenvalue weighted by atomic mass is 32.1. The number of thiophene rings is 1. The third-order valence-corrected chi connectivity index (χ3v) is 7.36. The Morgan fingerprint density at radius 2 is 1.90 bits per heavy atom. The number of piperazine rings is 1. The highest BCUT2D eigenvalue weighted by molar-refractivity contribution is 7.19. The van der Waals surface area contributed by atoms with E-state index in [0.717, 1.165) is 48.3 Å². The Balaban J connectivity index is 1.33. The number of nitrogens with one attached hydrogen (secondary N) is 1. The Morgan fingerprint density at radius 3 is 2.65 bits per heavy atom. The lowest BCUT2D eigenvalue weighted by molar-refractivity contribution is 0.208. The molecule has 1 fully saturated rings. The van der Waals surface area contributed by atoms with E-state index in [1.165, 1.54) is 34.4 Å². The van der Waals surface area contributed by atoms with Gasteiger partial charge in [-0.05, 0) is 61.9 Å². The molecule has 0 bridgehead atoms. The van der Waals surface area contributed by atoms with Crippen LogP contribution in [0.5, 0.6) is 0 Å². The van der Waals surface area contributed by atoms with E-state index in [1.54, 1.807) is 17.0 Å². The van der Waals surface area contributed by atoms with Gasteiger partial charge in [0.15, 0.2) is 0 Å². The molecule has 1 aliphatic heterocycles. The predicted octanol–water partition coefficient (Wildman–Crippen LogP) is 4.62. The maximum Gasteiger partial charge on any atom is 0.321 e. The van der Waals surface area contributed by atoms with E-state index in [4.69, 9.17) is 9.97 Å². The van der Waals surface area contributed by atoms with Crippen LogP contribution in [0.25, 0.3) is 10.2 Å². The van der Waals surface area contributed by atoms with E-state index in [2.05, 4.69) is 17.1 Å². The number of amides is 2. The minimum Gasteiger partial charge on any atom is -0.352 e. The fourth-order valence-corrected chi connectivity index (χ4v) is 5.94. The molecule has 2 aliphatic rings. The molecule has 1 N–H and O–H groups in total. The molecule has 8 heteroatoms. The summed E-state index contributed by atoms with van der Waals surface area (Å²) in [5.74, 6) is 2.23. The number of fused-ring (bicyclic) bond motifs is 3. The van der Waals surface area contributed by atoms with Crippen LogP contribution in [-0.4, -0.2) is 47.1 Å². The van der Waals surface area contributed by atoms with E-state index in [9.17, 15) is 9.18 Å². The summed E-state index contributed by atoms with van der Waals surface area (Å²) in [6.07, 6.45) is 3.44. The van der Waals surface area contributed by atoms with E-state index in [1.807, 2.05) is 18.3 Å². The summed E-state index contributed by atoms with van der Waals surface area (Å²) >= 11 is 1.82. The Bertz CT molecular complexity index is 1120. The monoisotopic (exact) mass is 439 g/mol. The fourth-order valence-electron chi connectivity index (χ4n) is 4.51.